The fourth-order valence-corrected chi connectivity index (χ4v) is 3.14. The Morgan fingerprint density at radius 2 is 1.46 bits per heavy atom. The monoisotopic (exact) mass is 392 g/mol. The summed E-state index contributed by atoms with van der Waals surface area (Å²) in [5.41, 5.74) is 1.07. The molecule has 0 spiro atoms. The minimum atomic E-state index is -0.908. The van der Waals surface area contributed by atoms with Crippen LogP contribution in [-0.2, 0) is 22.7 Å². The largest absolute Gasteiger partial charge is 0.497 e. The van der Waals surface area contributed by atoms with Gasteiger partial charge in [0.25, 0.3) is 0 Å². The Kier molecular flexibility index (Phi) is 5.15. The van der Waals surface area contributed by atoms with E-state index in [9.17, 15) is 14.4 Å². The maximum absolute atomic E-state index is 12.6. The van der Waals surface area contributed by atoms with E-state index in [-0.39, 0.29) is 13.1 Å². The SMILES string of the molecule is COc1cccc(CN2C(=O)C(=O)N(Cc3c(Cl)cccc3Cl)C2=O)c1. The van der Waals surface area contributed by atoms with Crippen LogP contribution in [0.2, 0.25) is 10.0 Å². The lowest BCUT2D eigenvalue weighted by Crippen LogP contribution is -2.32. The van der Waals surface area contributed by atoms with Crippen molar-refractivity contribution in [2.45, 2.75) is 13.1 Å². The Balaban J connectivity index is 1.83. The van der Waals surface area contributed by atoms with Crippen molar-refractivity contribution in [3.63, 3.8) is 0 Å². The number of carbonyl (C=O) groups excluding carboxylic acids is 3. The number of rotatable bonds is 5. The molecule has 6 nitrogen and oxygen atoms in total. The summed E-state index contributed by atoms with van der Waals surface area (Å²) in [5, 5.41) is 0.633. The lowest BCUT2D eigenvalue weighted by Gasteiger charge is -2.17. The fourth-order valence-electron chi connectivity index (χ4n) is 2.62. The number of benzene rings is 2. The molecule has 4 amide bonds. The molecule has 0 atom stereocenters. The summed E-state index contributed by atoms with van der Waals surface area (Å²) in [7, 11) is 1.52. The molecule has 2 aromatic rings. The highest BCUT2D eigenvalue weighted by Crippen LogP contribution is 2.28. The number of amides is 4. The molecule has 0 aliphatic carbocycles. The van der Waals surface area contributed by atoms with Crippen molar-refractivity contribution in [2.24, 2.45) is 0 Å². The van der Waals surface area contributed by atoms with Gasteiger partial charge >= 0.3 is 17.8 Å². The smallest absolute Gasteiger partial charge is 0.334 e. The van der Waals surface area contributed by atoms with Gasteiger partial charge in [-0.3, -0.25) is 19.4 Å². The Labute approximate surface area is 159 Å². The highest BCUT2D eigenvalue weighted by molar-refractivity contribution is 6.44. The van der Waals surface area contributed by atoms with Crippen molar-refractivity contribution < 1.29 is 19.1 Å². The zero-order valence-corrected chi connectivity index (χ0v) is 15.3. The second-order valence-corrected chi connectivity index (χ2v) is 6.43. The third-order valence-electron chi connectivity index (χ3n) is 3.99. The summed E-state index contributed by atoms with van der Waals surface area (Å²) < 4.78 is 5.13. The minimum Gasteiger partial charge on any atom is -0.497 e. The van der Waals surface area contributed by atoms with Crippen molar-refractivity contribution in [2.75, 3.05) is 7.11 Å². The Morgan fingerprint density at radius 3 is 2.08 bits per heavy atom. The quantitative estimate of drug-likeness (QED) is 0.576. The molecule has 0 saturated carbocycles. The molecule has 3 rings (SSSR count). The summed E-state index contributed by atoms with van der Waals surface area (Å²) in [6.45, 7) is -0.204. The van der Waals surface area contributed by atoms with E-state index in [0.29, 0.717) is 26.9 Å². The predicted octanol–water partition coefficient (Wildman–Crippen LogP) is 3.49. The average Bonchev–Trinajstić information content (AvgIpc) is 2.82. The number of methoxy groups -OCH3 is 1. The molecule has 0 bridgehead atoms. The van der Waals surface area contributed by atoms with E-state index in [0.717, 1.165) is 9.80 Å². The van der Waals surface area contributed by atoms with Gasteiger partial charge in [-0.2, -0.15) is 0 Å². The van der Waals surface area contributed by atoms with Gasteiger partial charge in [0.1, 0.15) is 5.75 Å². The van der Waals surface area contributed by atoms with Crippen LogP contribution in [0.25, 0.3) is 0 Å². The molecule has 1 fully saturated rings. The van der Waals surface area contributed by atoms with E-state index in [1.54, 1.807) is 42.5 Å². The van der Waals surface area contributed by atoms with E-state index in [1.165, 1.54) is 7.11 Å². The van der Waals surface area contributed by atoms with E-state index in [2.05, 4.69) is 0 Å². The molecule has 0 radical (unpaired) electrons. The average molecular weight is 393 g/mol. The predicted molar refractivity (Wildman–Crippen MR) is 96.0 cm³/mol. The first-order chi connectivity index (χ1) is 12.4. The molecule has 0 aromatic heterocycles. The van der Waals surface area contributed by atoms with Gasteiger partial charge in [-0.1, -0.05) is 41.4 Å². The Bertz CT molecular complexity index is 880. The number of hydrogen-bond acceptors (Lipinski definition) is 4. The lowest BCUT2D eigenvalue weighted by molar-refractivity contribution is -0.143. The molecule has 0 N–H and O–H groups in total. The second kappa shape index (κ2) is 7.35. The van der Waals surface area contributed by atoms with Crippen LogP contribution in [0.3, 0.4) is 0 Å². The number of carbonyl (C=O) groups is 3. The molecule has 1 aliphatic heterocycles. The number of halogens is 2. The first kappa shape index (κ1) is 18.2. The molecule has 0 unspecified atom stereocenters. The van der Waals surface area contributed by atoms with Gasteiger partial charge in [0.05, 0.1) is 20.2 Å². The highest BCUT2D eigenvalue weighted by Gasteiger charge is 2.44. The van der Waals surface area contributed by atoms with Crippen molar-refractivity contribution in [3.05, 3.63) is 63.6 Å². The molecule has 1 saturated heterocycles. The topological polar surface area (TPSA) is 66.9 Å². The van der Waals surface area contributed by atoms with E-state index < -0.39 is 17.8 Å². The summed E-state index contributed by atoms with van der Waals surface area (Å²) >= 11 is 12.2. The third kappa shape index (κ3) is 3.38. The lowest BCUT2D eigenvalue weighted by atomic mass is 10.2. The Hall–Kier alpha value is -2.57. The van der Waals surface area contributed by atoms with Crippen molar-refractivity contribution in [1.29, 1.82) is 0 Å². The zero-order valence-electron chi connectivity index (χ0n) is 13.7. The molecular weight excluding hydrogens is 379 g/mol. The normalized spacial score (nSPS) is 14.3. The van der Waals surface area contributed by atoms with Crippen LogP contribution in [0.5, 0.6) is 5.75 Å². The minimum absolute atomic E-state index is 0.0344. The maximum Gasteiger partial charge on any atom is 0.334 e. The van der Waals surface area contributed by atoms with Crippen LogP contribution >= 0.6 is 23.2 Å². The van der Waals surface area contributed by atoms with Crippen LogP contribution in [0, 0.1) is 0 Å². The molecule has 8 heteroatoms. The van der Waals surface area contributed by atoms with Crippen LogP contribution in [0.4, 0.5) is 4.79 Å². The first-order valence-electron chi connectivity index (χ1n) is 7.65. The molecule has 1 heterocycles. The van der Waals surface area contributed by atoms with Gasteiger partial charge in [-0.25, -0.2) is 4.79 Å². The van der Waals surface area contributed by atoms with Crippen molar-refractivity contribution in [3.8, 4) is 5.75 Å². The first-order valence-corrected chi connectivity index (χ1v) is 8.41. The highest BCUT2D eigenvalue weighted by atomic mass is 35.5. The number of imide groups is 2. The van der Waals surface area contributed by atoms with Gasteiger partial charge in [0.2, 0.25) is 0 Å². The van der Waals surface area contributed by atoms with Gasteiger partial charge < -0.3 is 4.74 Å². The summed E-state index contributed by atoms with van der Waals surface area (Å²) in [6, 6.07) is 11.1. The molecule has 134 valence electrons. The standard InChI is InChI=1S/C18H14Cl2N2O4/c1-26-12-5-2-4-11(8-12)9-21-16(23)17(24)22(18(21)25)10-13-14(19)6-3-7-15(13)20/h2-8H,9-10H2,1H3. The van der Waals surface area contributed by atoms with Crippen LogP contribution < -0.4 is 4.74 Å². The molecule has 1 aliphatic rings. The number of urea groups is 1. The van der Waals surface area contributed by atoms with Crippen LogP contribution in [-0.4, -0.2) is 34.8 Å². The van der Waals surface area contributed by atoms with E-state index in [4.69, 9.17) is 27.9 Å². The zero-order chi connectivity index (χ0) is 18.8. The van der Waals surface area contributed by atoms with Gasteiger partial charge in [0.15, 0.2) is 0 Å². The van der Waals surface area contributed by atoms with Crippen LogP contribution in [0.15, 0.2) is 42.5 Å². The number of hydrogen-bond donors (Lipinski definition) is 0. The summed E-state index contributed by atoms with van der Waals surface area (Å²) in [5.74, 6) is -1.21. The van der Waals surface area contributed by atoms with Crippen LogP contribution in [0.1, 0.15) is 11.1 Å². The number of ether oxygens (including phenoxy) is 1. The third-order valence-corrected chi connectivity index (χ3v) is 4.70. The van der Waals surface area contributed by atoms with E-state index in [1.807, 2.05) is 0 Å². The Morgan fingerprint density at radius 1 is 0.885 bits per heavy atom. The summed E-state index contributed by atoms with van der Waals surface area (Å²) in [4.78, 5) is 38.9. The van der Waals surface area contributed by atoms with E-state index >= 15 is 0 Å². The fraction of sp³-hybridized carbons (Fsp3) is 0.167. The van der Waals surface area contributed by atoms with Gasteiger partial charge in [-0.15, -0.1) is 0 Å². The summed E-state index contributed by atoms with van der Waals surface area (Å²) in [6.07, 6.45) is 0. The molecule has 2 aromatic carbocycles. The van der Waals surface area contributed by atoms with Gasteiger partial charge in [-0.05, 0) is 29.8 Å². The molecule has 26 heavy (non-hydrogen) atoms. The van der Waals surface area contributed by atoms with Gasteiger partial charge in [0, 0.05) is 15.6 Å². The van der Waals surface area contributed by atoms with Crippen molar-refractivity contribution >= 4 is 41.0 Å². The van der Waals surface area contributed by atoms with Crippen molar-refractivity contribution in [1.82, 2.24) is 9.80 Å². The number of nitrogens with zero attached hydrogens (tertiary/aromatic N) is 2. The maximum atomic E-state index is 12.6. The molecular formula is C18H14Cl2N2O4. The second-order valence-electron chi connectivity index (χ2n) is 5.62.